The molecule has 2 atom stereocenters. The van der Waals surface area contributed by atoms with E-state index in [1.54, 1.807) is 24.6 Å². The van der Waals surface area contributed by atoms with Crippen LogP contribution in [0.1, 0.15) is 44.2 Å². The fourth-order valence-electron chi connectivity index (χ4n) is 2.82. The van der Waals surface area contributed by atoms with E-state index in [0.29, 0.717) is 23.3 Å². The maximum atomic E-state index is 8.94. The Morgan fingerprint density at radius 2 is 1.52 bits per heavy atom. The number of hydrogen-bond donors (Lipinski definition) is 0. The van der Waals surface area contributed by atoms with E-state index in [1.807, 2.05) is 36.4 Å². The van der Waals surface area contributed by atoms with Gasteiger partial charge in [0.2, 0.25) is 0 Å². The van der Waals surface area contributed by atoms with Crippen LogP contribution < -0.4 is 9.47 Å². The fraction of sp³-hybridized carbons (Fsp3) is 0.333. The summed E-state index contributed by atoms with van der Waals surface area (Å²) in [5.74, 6) is 2.24. The highest BCUT2D eigenvalue weighted by atomic mass is 16.5. The third-order valence-electron chi connectivity index (χ3n) is 4.64. The van der Waals surface area contributed by atoms with E-state index < -0.39 is 0 Å². The van der Waals surface area contributed by atoms with Crippen molar-refractivity contribution in [2.75, 3.05) is 0 Å². The molecule has 0 aliphatic carbocycles. The molecule has 0 aliphatic heterocycles. The van der Waals surface area contributed by atoms with Gasteiger partial charge in [0, 0.05) is 11.5 Å². The highest BCUT2D eigenvalue weighted by molar-refractivity contribution is 5.43. The van der Waals surface area contributed by atoms with E-state index in [4.69, 9.17) is 20.0 Å². The second kappa shape index (κ2) is 8.76. The van der Waals surface area contributed by atoms with Crippen LogP contribution in [0.4, 0.5) is 0 Å². The van der Waals surface area contributed by atoms with Gasteiger partial charge in [0.05, 0.1) is 0 Å². The van der Waals surface area contributed by atoms with Crippen LogP contribution >= 0.6 is 0 Å². The van der Waals surface area contributed by atoms with Crippen molar-refractivity contribution in [2.45, 2.75) is 33.1 Å². The number of nitrogens with zero attached hydrogens (tertiary/aromatic N) is 2. The standard InChI is InChI=1S/C21H22N2O2/c1-15(2)16(3)12-20(17-8-10-18(11-9-17)24-13-22)19-6-4-5-7-21(19)25-14-23/h4-11,15-16,20H,12H2,1-3H3. The lowest BCUT2D eigenvalue weighted by Crippen LogP contribution is -2.12. The molecule has 2 aromatic rings. The first-order valence-electron chi connectivity index (χ1n) is 8.37. The first-order valence-corrected chi connectivity index (χ1v) is 8.37. The molecule has 0 radical (unpaired) electrons. The highest BCUT2D eigenvalue weighted by Gasteiger charge is 2.22. The average Bonchev–Trinajstić information content (AvgIpc) is 2.61. The molecule has 25 heavy (non-hydrogen) atoms. The van der Waals surface area contributed by atoms with Crippen molar-refractivity contribution in [3.63, 3.8) is 0 Å². The van der Waals surface area contributed by atoms with Gasteiger partial charge in [-0.3, -0.25) is 0 Å². The van der Waals surface area contributed by atoms with Gasteiger partial charge in [-0.2, -0.15) is 0 Å². The summed E-state index contributed by atoms with van der Waals surface area (Å²) >= 11 is 0. The van der Waals surface area contributed by atoms with Crippen molar-refractivity contribution >= 4 is 0 Å². The molecule has 4 nitrogen and oxygen atoms in total. The molecule has 0 spiro atoms. The minimum absolute atomic E-state index is 0.0954. The Morgan fingerprint density at radius 1 is 0.880 bits per heavy atom. The van der Waals surface area contributed by atoms with Crippen molar-refractivity contribution in [1.82, 2.24) is 0 Å². The zero-order valence-electron chi connectivity index (χ0n) is 14.8. The van der Waals surface area contributed by atoms with E-state index in [-0.39, 0.29) is 5.92 Å². The van der Waals surface area contributed by atoms with E-state index in [1.165, 1.54) is 0 Å². The second-order valence-electron chi connectivity index (χ2n) is 6.50. The van der Waals surface area contributed by atoms with Gasteiger partial charge in [-0.1, -0.05) is 51.1 Å². The van der Waals surface area contributed by atoms with Crippen molar-refractivity contribution < 1.29 is 9.47 Å². The summed E-state index contributed by atoms with van der Waals surface area (Å²) in [6.07, 6.45) is 4.39. The molecule has 0 aliphatic rings. The molecule has 128 valence electrons. The maximum absolute atomic E-state index is 8.94. The lowest BCUT2D eigenvalue weighted by Gasteiger charge is -2.25. The Kier molecular flexibility index (Phi) is 6.43. The van der Waals surface area contributed by atoms with E-state index in [9.17, 15) is 0 Å². The van der Waals surface area contributed by atoms with Crippen molar-refractivity contribution in [1.29, 1.82) is 10.5 Å². The lowest BCUT2D eigenvalue weighted by molar-refractivity contribution is 0.372. The van der Waals surface area contributed by atoms with Crippen molar-refractivity contribution in [3.8, 4) is 24.0 Å². The molecule has 0 saturated carbocycles. The molecule has 4 heteroatoms. The van der Waals surface area contributed by atoms with Crippen LogP contribution in [-0.2, 0) is 0 Å². The molecule has 0 fully saturated rings. The third kappa shape index (κ3) is 4.75. The molecule has 0 bridgehead atoms. The topological polar surface area (TPSA) is 66.0 Å². The maximum Gasteiger partial charge on any atom is 0.292 e. The van der Waals surface area contributed by atoms with E-state index in [2.05, 4.69) is 20.8 Å². The number of para-hydroxylation sites is 1. The molecule has 0 saturated heterocycles. The van der Waals surface area contributed by atoms with Crippen molar-refractivity contribution in [3.05, 3.63) is 59.7 Å². The number of hydrogen-bond acceptors (Lipinski definition) is 4. The average molecular weight is 334 g/mol. The van der Waals surface area contributed by atoms with Gasteiger partial charge in [0.25, 0.3) is 12.5 Å². The van der Waals surface area contributed by atoms with Gasteiger partial charge in [0.1, 0.15) is 11.5 Å². The minimum atomic E-state index is 0.0954. The van der Waals surface area contributed by atoms with Gasteiger partial charge in [-0.15, -0.1) is 10.5 Å². The van der Waals surface area contributed by atoms with Gasteiger partial charge >= 0.3 is 0 Å². The normalized spacial score (nSPS) is 12.7. The SMILES string of the molecule is CC(C)C(C)CC(c1ccc(OC#N)cc1)c1ccccc1OC#N. The zero-order valence-corrected chi connectivity index (χ0v) is 14.8. The Hall–Kier alpha value is -2.98. The minimum Gasteiger partial charge on any atom is -0.388 e. The smallest absolute Gasteiger partial charge is 0.292 e. The highest BCUT2D eigenvalue weighted by Crippen LogP contribution is 2.38. The summed E-state index contributed by atoms with van der Waals surface area (Å²) in [6.45, 7) is 6.66. The molecule has 0 amide bonds. The molecule has 0 heterocycles. The quantitative estimate of drug-likeness (QED) is 0.651. The first-order chi connectivity index (χ1) is 12.1. The van der Waals surface area contributed by atoms with Gasteiger partial charge < -0.3 is 9.47 Å². The molecular formula is C21H22N2O2. The molecule has 2 aromatic carbocycles. The molecule has 2 rings (SSSR count). The zero-order chi connectivity index (χ0) is 18.2. The molecule has 0 N–H and O–H groups in total. The second-order valence-corrected chi connectivity index (χ2v) is 6.50. The summed E-state index contributed by atoms with van der Waals surface area (Å²) in [5, 5.41) is 17.6. The van der Waals surface area contributed by atoms with Crippen LogP contribution in [0, 0.1) is 34.9 Å². The van der Waals surface area contributed by atoms with Gasteiger partial charge in [0.15, 0.2) is 0 Å². The fourth-order valence-corrected chi connectivity index (χ4v) is 2.82. The molecule has 0 aromatic heterocycles. The Morgan fingerprint density at radius 3 is 2.12 bits per heavy atom. The largest absolute Gasteiger partial charge is 0.388 e. The van der Waals surface area contributed by atoms with Crippen LogP contribution in [0.3, 0.4) is 0 Å². The van der Waals surface area contributed by atoms with E-state index >= 15 is 0 Å². The lowest BCUT2D eigenvalue weighted by atomic mass is 9.80. The summed E-state index contributed by atoms with van der Waals surface area (Å²) in [4.78, 5) is 0. The Balaban J connectivity index is 2.43. The summed E-state index contributed by atoms with van der Waals surface area (Å²) in [7, 11) is 0. The summed E-state index contributed by atoms with van der Waals surface area (Å²) in [5.41, 5.74) is 2.09. The molecular weight excluding hydrogens is 312 g/mol. The summed E-state index contributed by atoms with van der Waals surface area (Å²) in [6, 6.07) is 15.2. The predicted octanol–water partition coefficient (Wildman–Crippen LogP) is 5.22. The predicted molar refractivity (Wildman–Crippen MR) is 95.8 cm³/mol. The van der Waals surface area contributed by atoms with Crippen LogP contribution in [0.15, 0.2) is 48.5 Å². The third-order valence-corrected chi connectivity index (χ3v) is 4.64. The van der Waals surface area contributed by atoms with Crippen LogP contribution in [0.25, 0.3) is 0 Å². The first kappa shape index (κ1) is 18.4. The Labute approximate surface area is 149 Å². The Bertz CT molecular complexity index is 770. The monoisotopic (exact) mass is 334 g/mol. The van der Waals surface area contributed by atoms with Crippen LogP contribution in [0.2, 0.25) is 0 Å². The van der Waals surface area contributed by atoms with Crippen molar-refractivity contribution in [2.24, 2.45) is 11.8 Å². The van der Waals surface area contributed by atoms with Crippen LogP contribution in [-0.4, -0.2) is 0 Å². The van der Waals surface area contributed by atoms with Gasteiger partial charge in [-0.05, 0) is 42.0 Å². The number of ether oxygens (including phenoxy) is 2. The summed E-state index contributed by atoms with van der Waals surface area (Å²) < 4.78 is 10.0. The molecule has 2 unspecified atom stereocenters. The number of benzene rings is 2. The van der Waals surface area contributed by atoms with Gasteiger partial charge in [-0.25, -0.2) is 0 Å². The number of nitriles is 2. The number of rotatable bonds is 7. The van der Waals surface area contributed by atoms with Crippen LogP contribution in [0.5, 0.6) is 11.5 Å². The van der Waals surface area contributed by atoms with E-state index in [0.717, 1.165) is 17.5 Å².